The summed E-state index contributed by atoms with van der Waals surface area (Å²) in [6, 6.07) is 8.09. The van der Waals surface area contributed by atoms with Gasteiger partial charge < -0.3 is 5.32 Å². The molecular weight excluding hydrogens is 222 g/mol. The van der Waals surface area contributed by atoms with Crippen molar-refractivity contribution in [2.75, 3.05) is 6.54 Å². The fraction of sp³-hybridized carbons (Fsp3) is 0.562. The lowest BCUT2D eigenvalue weighted by molar-refractivity contribution is 0.0835. The van der Waals surface area contributed by atoms with Gasteiger partial charge in [0.15, 0.2) is 5.78 Å². The van der Waals surface area contributed by atoms with Crippen LogP contribution in [0.15, 0.2) is 24.3 Å². The van der Waals surface area contributed by atoms with Crippen LogP contribution in [-0.4, -0.2) is 17.9 Å². The second-order valence-corrected chi connectivity index (χ2v) is 5.82. The molecule has 1 unspecified atom stereocenters. The molecule has 1 fully saturated rings. The van der Waals surface area contributed by atoms with Crippen molar-refractivity contribution >= 4 is 5.78 Å². The van der Waals surface area contributed by atoms with Crippen molar-refractivity contribution in [1.29, 1.82) is 0 Å². The molecule has 0 radical (unpaired) electrons. The second-order valence-electron chi connectivity index (χ2n) is 5.82. The number of rotatable bonds is 3. The molecule has 0 spiro atoms. The van der Waals surface area contributed by atoms with Crippen LogP contribution < -0.4 is 5.32 Å². The number of ketones is 1. The molecule has 0 amide bonds. The molecule has 0 aliphatic carbocycles. The first-order valence-electron chi connectivity index (χ1n) is 6.93. The van der Waals surface area contributed by atoms with E-state index in [1.807, 2.05) is 19.1 Å². The lowest BCUT2D eigenvalue weighted by atomic mass is 9.83. The van der Waals surface area contributed by atoms with Gasteiger partial charge in [-0.15, -0.1) is 0 Å². The maximum atomic E-state index is 12.5. The summed E-state index contributed by atoms with van der Waals surface area (Å²) in [6.45, 7) is 7.32. The van der Waals surface area contributed by atoms with E-state index in [2.05, 4.69) is 31.3 Å². The van der Waals surface area contributed by atoms with Gasteiger partial charge >= 0.3 is 0 Å². The Morgan fingerprint density at radius 2 is 1.89 bits per heavy atom. The molecule has 2 heteroatoms. The third-order valence-corrected chi connectivity index (χ3v) is 3.96. The van der Waals surface area contributed by atoms with Crippen LogP contribution in [0.2, 0.25) is 0 Å². The zero-order chi connectivity index (χ0) is 13.2. The normalized spacial score (nSPS) is 24.2. The van der Waals surface area contributed by atoms with Crippen molar-refractivity contribution in [2.24, 2.45) is 0 Å². The summed E-state index contributed by atoms with van der Waals surface area (Å²) in [4.78, 5) is 12.5. The fourth-order valence-electron chi connectivity index (χ4n) is 2.59. The molecule has 1 aliphatic heterocycles. The number of Topliss-reactive ketones (excluding diaryl/α,β-unsaturated/α-hetero) is 1. The van der Waals surface area contributed by atoms with Gasteiger partial charge in [-0.3, -0.25) is 4.79 Å². The van der Waals surface area contributed by atoms with Crippen LogP contribution in [0.3, 0.4) is 0 Å². The molecule has 1 N–H and O–H groups in total. The van der Waals surface area contributed by atoms with E-state index in [0.717, 1.165) is 24.9 Å². The maximum Gasteiger partial charge on any atom is 0.182 e. The van der Waals surface area contributed by atoms with Gasteiger partial charge in [0, 0.05) is 5.56 Å². The monoisotopic (exact) mass is 245 g/mol. The minimum absolute atomic E-state index is 0.234. The molecule has 0 saturated carbocycles. The third-order valence-electron chi connectivity index (χ3n) is 3.96. The Balaban J connectivity index is 2.17. The molecule has 1 aromatic carbocycles. The highest BCUT2D eigenvalue weighted by molar-refractivity contribution is 6.03. The SMILES string of the molecule is CC(C)c1ccc(C(=O)C2(C)CCCCN2)cc1. The van der Waals surface area contributed by atoms with Gasteiger partial charge in [-0.1, -0.05) is 38.1 Å². The van der Waals surface area contributed by atoms with Gasteiger partial charge in [-0.25, -0.2) is 0 Å². The molecule has 1 saturated heterocycles. The molecule has 0 aromatic heterocycles. The van der Waals surface area contributed by atoms with E-state index in [4.69, 9.17) is 0 Å². The number of carbonyl (C=O) groups excluding carboxylic acids is 1. The van der Waals surface area contributed by atoms with Crippen LogP contribution in [0.4, 0.5) is 0 Å². The third kappa shape index (κ3) is 2.64. The van der Waals surface area contributed by atoms with Crippen molar-refractivity contribution in [3.8, 4) is 0 Å². The highest BCUT2D eigenvalue weighted by Crippen LogP contribution is 2.24. The average molecular weight is 245 g/mol. The van der Waals surface area contributed by atoms with E-state index in [0.29, 0.717) is 5.92 Å². The molecular formula is C16H23NO. The quantitative estimate of drug-likeness (QED) is 0.825. The van der Waals surface area contributed by atoms with Crippen molar-refractivity contribution < 1.29 is 4.79 Å². The zero-order valence-corrected chi connectivity index (χ0v) is 11.6. The number of hydrogen-bond acceptors (Lipinski definition) is 2. The van der Waals surface area contributed by atoms with Crippen molar-refractivity contribution in [1.82, 2.24) is 5.32 Å². The fourth-order valence-corrected chi connectivity index (χ4v) is 2.59. The number of hydrogen-bond donors (Lipinski definition) is 1. The minimum atomic E-state index is -0.363. The van der Waals surface area contributed by atoms with Gasteiger partial charge in [-0.05, 0) is 44.2 Å². The molecule has 98 valence electrons. The Hall–Kier alpha value is -1.15. The average Bonchev–Trinajstić information content (AvgIpc) is 2.39. The number of nitrogens with one attached hydrogen (secondary N) is 1. The van der Waals surface area contributed by atoms with E-state index >= 15 is 0 Å². The topological polar surface area (TPSA) is 29.1 Å². The standard InChI is InChI=1S/C16H23NO/c1-12(2)13-6-8-14(9-7-13)15(18)16(3)10-4-5-11-17-16/h6-9,12,17H,4-5,10-11H2,1-3H3. The van der Waals surface area contributed by atoms with E-state index in [-0.39, 0.29) is 11.3 Å². The van der Waals surface area contributed by atoms with Crippen LogP contribution >= 0.6 is 0 Å². The van der Waals surface area contributed by atoms with E-state index in [9.17, 15) is 4.79 Å². The first-order valence-corrected chi connectivity index (χ1v) is 6.93. The molecule has 1 heterocycles. The summed E-state index contributed by atoms with van der Waals surface area (Å²) in [7, 11) is 0. The van der Waals surface area contributed by atoms with Gasteiger partial charge in [0.05, 0.1) is 5.54 Å². The number of carbonyl (C=O) groups is 1. The first kappa shape index (κ1) is 13.3. The predicted octanol–water partition coefficient (Wildman–Crippen LogP) is 3.52. The summed E-state index contributed by atoms with van der Waals surface area (Å²) in [5.74, 6) is 0.745. The molecule has 1 atom stereocenters. The predicted molar refractivity (Wildman–Crippen MR) is 75.1 cm³/mol. The molecule has 1 aromatic rings. The van der Waals surface area contributed by atoms with Crippen LogP contribution in [-0.2, 0) is 0 Å². The Labute approximate surface area is 110 Å². The highest BCUT2D eigenvalue weighted by atomic mass is 16.1. The Morgan fingerprint density at radius 1 is 1.22 bits per heavy atom. The lowest BCUT2D eigenvalue weighted by Gasteiger charge is -2.33. The summed E-state index contributed by atoms with van der Waals surface area (Å²) in [5.41, 5.74) is 1.75. The van der Waals surface area contributed by atoms with Gasteiger partial charge in [0.2, 0.25) is 0 Å². The van der Waals surface area contributed by atoms with Gasteiger partial charge in [0.25, 0.3) is 0 Å². The smallest absolute Gasteiger partial charge is 0.182 e. The molecule has 2 nitrogen and oxygen atoms in total. The minimum Gasteiger partial charge on any atom is -0.305 e. The summed E-state index contributed by atoms with van der Waals surface area (Å²) >= 11 is 0. The molecule has 0 bridgehead atoms. The number of piperidine rings is 1. The highest BCUT2D eigenvalue weighted by Gasteiger charge is 2.34. The van der Waals surface area contributed by atoms with E-state index in [1.165, 1.54) is 12.0 Å². The molecule has 2 rings (SSSR count). The van der Waals surface area contributed by atoms with Crippen LogP contribution in [0.5, 0.6) is 0 Å². The van der Waals surface area contributed by atoms with E-state index < -0.39 is 0 Å². The Bertz CT molecular complexity index is 413. The number of benzene rings is 1. The Kier molecular flexibility index (Phi) is 3.86. The van der Waals surface area contributed by atoms with E-state index in [1.54, 1.807) is 0 Å². The van der Waals surface area contributed by atoms with Crippen LogP contribution in [0.25, 0.3) is 0 Å². The van der Waals surface area contributed by atoms with Crippen molar-refractivity contribution in [3.05, 3.63) is 35.4 Å². The largest absolute Gasteiger partial charge is 0.305 e. The van der Waals surface area contributed by atoms with Crippen LogP contribution in [0.1, 0.15) is 61.9 Å². The van der Waals surface area contributed by atoms with Crippen molar-refractivity contribution in [2.45, 2.75) is 51.5 Å². The van der Waals surface area contributed by atoms with Crippen molar-refractivity contribution in [3.63, 3.8) is 0 Å². The van der Waals surface area contributed by atoms with Gasteiger partial charge in [0.1, 0.15) is 0 Å². The lowest BCUT2D eigenvalue weighted by Crippen LogP contribution is -2.52. The zero-order valence-electron chi connectivity index (χ0n) is 11.6. The Morgan fingerprint density at radius 3 is 2.39 bits per heavy atom. The summed E-state index contributed by atoms with van der Waals surface area (Å²) < 4.78 is 0. The van der Waals surface area contributed by atoms with Crippen LogP contribution in [0, 0.1) is 0 Å². The molecule has 18 heavy (non-hydrogen) atoms. The van der Waals surface area contributed by atoms with Gasteiger partial charge in [-0.2, -0.15) is 0 Å². The summed E-state index contributed by atoms with van der Waals surface area (Å²) in [5, 5.41) is 3.38. The summed E-state index contributed by atoms with van der Waals surface area (Å²) in [6.07, 6.45) is 3.26. The maximum absolute atomic E-state index is 12.5. The first-order chi connectivity index (χ1) is 8.53. The molecule has 1 aliphatic rings. The second kappa shape index (κ2) is 5.23.